The van der Waals surface area contributed by atoms with E-state index in [4.69, 9.17) is 0 Å². The molecule has 0 saturated carbocycles. The highest BCUT2D eigenvalue weighted by molar-refractivity contribution is 5.79. The molecule has 106 valence electrons. The van der Waals surface area contributed by atoms with Gasteiger partial charge < -0.3 is 15.2 Å². The molecule has 0 aliphatic rings. The van der Waals surface area contributed by atoms with E-state index in [1.165, 1.54) is 0 Å². The van der Waals surface area contributed by atoms with E-state index >= 15 is 0 Å². The van der Waals surface area contributed by atoms with Crippen molar-refractivity contribution in [2.45, 2.75) is 13.5 Å². The second-order valence-corrected chi connectivity index (χ2v) is 5.05. The second kappa shape index (κ2) is 5.46. The third-order valence-electron chi connectivity index (χ3n) is 3.70. The normalized spacial score (nSPS) is 10.8. The maximum Gasteiger partial charge on any atom is 0.115 e. The van der Waals surface area contributed by atoms with Crippen LogP contribution in [0.4, 0.5) is 0 Å². The molecule has 0 unspecified atom stereocenters. The summed E-state index contributed by atoms with van der Waals surface area (Å²) in [5.74, 6) is 0.237. The van der Waals surface area contributed by atoms with Crippen molar-refractivity contribution in [1.29, 1.82) is 0 Å². The van der Waals surface area contributed by atoms with Crippen molar-refractivity contribution in [2.75, 3.05) is 0 Å². The van der Waals surface area contributed by atoms with Crippen LogP contribution in [0.2, 0.25) is 0 Å². The summed E-state index contributed by atoms with van der Waals surface area (Å²) in [7, 11) is 0. The van der Waals surface area contributed by atoms with E-state index in [1.807, 2.05) is 49.4 Å². The van der Waals surface area contributed by atoms with E-state index in [9.17, 15) is 10.2 Å². The Kier molecular flexibility index (Phi) is 3.50. The Morgan fingerprint density at radius 1 is 0.905 bits per heavy atom. The molecule has 3 N–H and O–H groups in total. The second-order valence-electron chi connectivity index (χ2n) is 5.05. The summed E-state index contributed by atoms with van der Waals surface area (Å²) in [5, 5.41) is 19.1. The average molecular weight is 279 g/mol. The molecule has 0 atom stereocenters. The van der Waals surface area contributed by atoms with Gasteiger partial charge in [0.1, 0.15) is 5.75 Å². The number of hydrogen-bond acceptors (Lipinski definition) is 2. The number of phenols is 1. The summed E-state index contributed by atoms with van der Waals surface area (Å²) in [6, 6.07) is 17.1. The highest BCUT2D eigenvalue weighted by Crippen LogP contribution is 2.35. The first-order chi connectivity index (χ1) is 10.2. The predicted octanol–water partition coefficient (Wildman–Crippen LogP) is 3.86. The fraction of sp³-hybridized carbons (Fsp3) is 0.111. The minimum Gasteiger partial charge on any atom is -0.508 e. The highest BCUT2D eigenvalue weighted by atomic mass is 16.3. The Morgan fingerprint density at radius 2 is 1.57 bits per heavy atom. The van der Waals surface area contributed by atoms with Crippen LogP contribution in [0.5, 0.6) is 5.75 Å². The van der Waals surface area contributed by atoms with E-state index in [2.05, 4.69) is 4.98 Å². The molecule has 0 saturated heterocycles. The van der Waals surface area contributed by atoms with Crippen LogP contribution in [0.3, 0.4) is 0 Å². The van der Waals surface area contributed by atoms with Gasteiger partial charge in [0.25, 0.3) is 0 Å². The van der Waals surface area contributed by atoms with Crippen molar-refractivity contribution >= 4 is 0 Å². The smallest absolute Gasteiger partial charge is 0.115 e. The Morgan fingerprint density at radius 3 is 2.19 bits per heavy atom. The molecule has 3 heteroatoms. The standard InChI is InChI=1S/C18H17NO2/c1-12-17(13-7-9-15(21)10-8-13)16(11-20)19-18(12)14-5-3-2-4-6-14/h2-10,19-21H,11H2,1H3. The molecule has 0 bridgehead atoms. The predicted molar refractivity (Wildman–Crippen MR) is 84.0 cm³/mol. The summed E-state index contributed by atoms with van der Waals surface area (Å²) in [5.41, 5.74) is 5.97. The van der Waals surface area contributed by atoms with Crippen molar-refractivity contribution in [2.24, 2.45) is 0 Å². The average Bonchev–Trinajstić information content (AvgIpc) is 2.86. The van der Waals surface area contributed by atoms with Gasteiger partial charge in [-0.15, -0.1) is 0 Å². The van der Waals surface area contributed by atoms with Crippen molar-refractivity contribution in [1.82, 2.24) is 4.98 Å². The molecule has 3 aromatic rings. The maximum atomic E-state index is 9.64. The van der Waals surface area contributed by atoms with Crippen LogP contribution in [-0.2, 0) is 6.61 Å². The van der Waals surface area contributed by atoms with Gasteiger partial charge in [-0.05, 0) is 35.7 Å². The summed E-state index contributed by atoms with van der Waals surface area (Å²) in [6.07, 6.45) is 0. The number of aromatic nitrogens is 1. The zero-order valence-corrected chi connectivity index (χ0v) is 11.8. The monoisotopic (exact) mass is 279 g/mol. The molecule has 1 aromatic heterocycles. The zero-order chi connectivity index (χ0) is 14.8. The summed E-state index contributed by atoms with van der Waals surface area (Å²) < 4.78 is 0. The van der Waals surface area contributed by atoms with Gasteiger partial charge in [-0.3, -0.25) is 0 Å². The van der Waals surface area contributed by atoms with E-state index in [0.29, 0.717) is 0 Å². The summed E-state index contributed by atoms with van der Waals surface area (Å²) in [6.45, 7) is 1.99. The van der Waals surface area contributed by atoms with Crippen LogP contribution >= 0.6 is 0 Å². The van der Waals surface area contributed by atoms with Crippen molar-refractivity contribution in [3.05, 3.63) is 65.9 Å². The number of aliphatic hydroxyl groups is 1. The number of nitrogens with one attached hydrogen (secondary N) is 1. The topological polar surface area (TPSA) is 56.2 Å². The lowest BCUT2D eigenvalue weighted by Gasteiger charge is -2.05. The fourth-order valence-electron chi connectivity index (χ4n) is 2.69. The zero-order valence-electron chi connectivity index (χ0n) is 11.8. The maximum absolute atomic E-state index is 9.64. The van der Waals surface area contributed by atoms with E-state index in [-0.39, 0.29) is 12.4 Å². The molecule has 3 rings (SSSR count). The van der Waals surface area contributed by atoms with Gasteiger partial charge in [-0.25, -0.2) is 0 Å². The van der Waals surface area contributed by atoms with Gasteiger partial charge in [0.05, 0.1) is 6.61 Å². The molecule has 3 nitrogen and oxygen atoms in total. The lowest BCUT2D eigenvalue weighted by Crippen LogP contribution is -1.87. The minimum atomic E-state index is -0.0517. The molecule has 0 fully saturated rings. The van der Waals surface area contributed by atoms with E-state index in [1.54, 1.807) is 12.1 Å². The molecule has 0 spiro atoms. The minimum absolute atomic E-state index is 0.0517. The Balaban J connectivity index is 2.17. The third-order valence-corrected chi connectivity index (χ3v) is 3.70. The van der Waals surface area contributed by atoms with Gasteiger partial charge >= 0.3 is 0 Å². The molecule has 0 aliphatic heterocycles. The van der Waals surface area contributed by atoms with Gasteiger partial charge in [0.15, 0.2) is 0 Å². The first kappa shape index (κ1) is 13.5. The summed E-state index contributed by atoms with van der Waals surface area (Å²) >= 11 is 0. The number of rotatable bonds is 3. The lowest BCUT2D eigenvalue weighted by molar-refractivity contribution is 0.278. The lowest BCUT2D eigenvalue weighted by atomic mass is 9.99. The molecular weight excluding hydrogens is 262 g/mol. The van der Waals surface area contributed by atoms with Gasteiger partial charge in [0.2, 0.25) is 0 Å². The Bertz CT molecular complexity index is 743. The number of aliphatic hydroxyl groups excluding tert-OH is 1. The van der Waals surface area contributed by atoms with Crippen LogP contribution in [0.1, 0.15) is 11.3 Å². The Hall–Kier alpha value is -2.52. The van der Waals surface area contributed by atoms with Crippen LogP contribution in [-0.4, -0.2) is 15.2 Å². The molecule has 1 heterocycles. The molecule has 2 aromatic carbocycles. The van der Waals surface area contributed by atoms with Crippen LogP contribution in [0.15, 0.2) is 54.6 Å². The molecule has 0 aliphatic carbocycles. The number of H-pyrrole nitrogens is 1. The van der Waals surface area contributed by atoms with E-state index < -0.39 is 0 Å². The number of aromatic amines is 1. The van der Waals surface area contributed by atoms with E-state index in [0.717, 1.165) is 33.6 Å². The Labute approximate surface area is 123 Å². The van der Waals surface area contributed by atoms with Crippen LogP contribution in [0, 0.1) is 6.92 Å². The van der Waals surface area contributed by atoms with Gasteiger partial charge in [0, 0.05) is 17.0 Å². The van der Waals surface area contributed by atoms with Gasteiger partial charge in [-0.1, -0.05) is 42.5 Å². The highest BCUT2D eigenvalue weighted by Gasteiger charge is 2.16. The molecule has 0 amide bonds. The first-order valence-corrected chi connectivity index (χ1v) is 6.88. The van der Waals surface area contributed by atoms with Crippen molar-refractivity contribution < 1.29 is 10.2 Å². The molecular formula is C18H17NO2. The van der Waals surface area contributed by atoms with Crippen molar-refractivity contribution in [3.63, 3.8) is 0 Å². The van der Waals surface area contributed by atoms with Crippen molar-refractivity contribution in [3.8, 4) is 28.1 Å². The first-order valence-electron chi connectivity index (χ1n) is 6.88. The van der Waals surface area contributed by atoms with Crippen LogP contribution < -0.4 is 0 Å². The quantitative estimate of drug-likeness (QED) is 0.682. The number of benzene rings is 2. The number of phenolic OH excluding ortho intramolecular Hbond substituents is 1. The fourth-order valence-corrected chi connectivity index (χ4v) is 2.69. The SMILES string of the molecule is Cc1c(-c2ccccc2)[nH]c(CO)c1-c1ccc(O)cc1. The number of hydrogen-bond donors (Lipinski definition) is 3. The largest absolute Gasteiger partial charge is 0.508 e. The molecule has 0 radical (unpaired) electrons. The third kappa shape index (κ3) is 2.43. The van der Waals surface area contributed by atoms with Gasteiger partial charge in [-0.2, -0.15) is 0 Å². The summed E-state index contributed by atoms with van der Waals surface area (Å²) in [4.78, 5) is 3.32. The molecule has 21 heavy (non-hydrogen) atoms. The number of aromatic hydroxyl groups is 1. The van der Waals surface area contributed by atoms with Crippen LogP contribution in [0.25, 0.3) is 22.4 Å².